The maximum atomic E-state index is 14.0. The molecule has 0 bridgehead atoms. The van der Waals surface area contributed by atoms with Crippen LogP contribution in [0.4, 0.5) is 10.2 Å². The number of benzene rings is 1. The van der Waals surface area contributed by atoms with Gasteiger partial charge >= 0.3 is 0 Å². The second-order valence-electron chi connectivity index (χ2n) is 8.10. The number of sulfonamides is 1. The first kappa shape index (κ1) is 21.8. The van der Waals surface area contributed by atoms with Crippen LogP contribution in [0, 0.1) is 12.7 Å². The minimum Gasteiger partial charge on any atom is -0.296 e. The number of carbonyl (C=O) groups excluding carboxylic acids is 1. The summed E-state index contributed by atoms with van der Waals surface area (Å²) < 4.78 is 40.0. The molecule has 0 radical (unpaired) electrons. The van der Waals surface area contributed by atoms with Crippen molar-refractivity contribution in [3.8, 4) is 0 Å². The van der Waals surface area contributed by atoms with Crippen molar-refractivity contribution < 1.29 is 17.6 Å². The van der Waals surface area contributed by atoms with Gasteiger partial charge in [-0.1, -0.05) is 18.2 Å². The molecule has 1 aromatic carbocycles. The molecule has 3 heterocycles. The zero-order chi connectivity index (χ0) is 22.2. The molecule has 9 heteroatoms. The van der Waals surface area contributed by atoms with Crippen molar-refractivity contribution in [1.82, 2.24) is 14.3 Å². The quantitative estimate of drug-likeness (QED) is 0.681. The average Bonchev–Trinajstić information content (AvgIpc) is 3.25. The number of amides is 1. The number of aromatic nitrogens is 2. The molecule has 0 aliphatic carbocycles. The molecular weight excluding hydrogens is 419 g/mol. The van der Waals surface area contributed by atoms with Crippen molar-refractivity contribution in [2.24, 2.45) is 0 Å². The Hall–Kier alpha value is -2.39. The molecule has 0 saturated carbocycles. The summed E-state index contributed by atoms with van der Waals surface area (Å²) >= 11 is 0. The normalized spacial score (nSPS) is 19.6. The Morgan fingerprint density at radius 1 is 1.19 bits per heavy atom. The van der Waals surface area contributed by atoms with Crippen LogP contribution in [0.3, 0.4) is 0 Å². The Labute approximate surface area is 182 Å². The second kappa shape index (κ2) is 8.63. The van der Waals surface area contributed by atoms with Crippen molar-refractivity contribution in [3.63, 3.8) is 0 Å². The number of rotatable bonds is 6. The average molecular weight is 447 g/mol. The van der Waals surface area contributed by atoms with Crippen LogP contribution in [-0.2, 0) is 27.7 Å². The van der Waals surface area contributed by atoms with Gasteiger partial charge in [0.1, 0.15) is 17.5 Å². The molecule has 2 aromatic rings. The zero-order valence-corrected chi connectivity index (χ0v) is 18.7. The highest BCUT2D eigenvalue weighted by atomic mass is 32.2. The number of hydrogen-bond donors (Lipinski definition) is 0. The van der Waals surface area contributed by atoms with E-state index >= 15 is 0 Å². The van der Waals surface area contributed by atoms with Gasteiger partial charge in [0.2, 0.25) is 15.9 Å². The molecule has 2 aliphatic rings. The molecule has 4 rings (SSSR count). The predicted octanol–water partition coefficient (Wildman–Crippen LogP) is 2.59. The van der Waals surface area contributed by atoms with Gasteiger partial charge in [-0.25, -0.2) is 27.1 Å². The van der Waals surface area contributed by atoms with Crippen molar-refractivity contribution >= 4 is 21.7 Å². The number of carbonyl (C=O) groups is 1. The van der Waals surface area contributed by atoms with E-state index in [1.54, 1.807) is 30.0 Å². The summed E-state index contributed by atoms with van der Waals surface area (Å²) in [5.41, 5.74) is 2.32. The highest BCUT2D eigenvalue weighted by molar-refractivity contribution is 7.89. The molecule has 7 nitrogen and oxygen atoms in total. The van der Waals surface area contributed by atoms with E-state index in [0.717, 1.165) is 11.3 Å². The lowest BCUT2D eigenvalue weighted by molar-refractivity contribution is -0.118. The molecule has 0 spiro atoms. The lowest BCUT2D eigenvalue weighted by Crippen LogP contribution is -2.38. The van der Waals surface area contributed by atoms with E-state index in [2.05, 4.69) is 4.98 Å². The first-order valence-corrected chi connectivity index (χ1v) is 12.3. The van der Waals surface area contributed by atoms with E-state index in [4.69, 9.17) is 4.98 Å². The lowest BCUT2D eigenvalue weighted by Gasteiger charge is -2.30. The van der Waals surface area contributed by atoms with Crippen molar-refractivity contribution in [2.45, 2.75) is 45.4 Å². The number of anilines is 1. The van der Waals surface area contributed by atoms with E-state index in [-0.39, 0.29) is 23.4 Å². The number of fused-ring (bicyclic) bond motifs is 1. The van der Waals surface area contributed by atoms with Crippen LogP contribution in [0.15, 0.2) is 24.3 Å². The second-order valence-corrected chi connectivity index (χ2v) is 10.4. The van der Waals surface area contributed by atoms with Gasteiger partial charge in [0.25, 0.3) is 0 Å². The van der Waals surface area contributed by atoms with Crippen LogP contribution < -0.4 is 4.90 Å². The highest BCUT2D eigenvalue weighted by Gasteiger charge is 2.35. The molecule has 0 N–H and O–H groups in total. The third kappa shape index (κ3) is 4.34. The van der Waals surface area contributed by atoms with Gasteiger partial charge in [0, 0.05) is 43.2 Å². The Kier molecular flexibility index (Phi) is 6.07. The summed E-state index contributed by atoms with van der Waals surface area (Å²) in [6.45, 7) is 4.70. The Bertz CT molecular complexity index is 1110. The van der Waals surface area contributed by atoms with Crippen LogP contribution in [0.5, 0.6) is 0 Å². The highest BCUT2D eigenvalue weighted by Crippen LogP contribution is 2.33. The van der Waals surface area contributed by atoms with Crippen molar-refractivity contribution in [1.29, 1.82) is 0 Å². The Morgan fingerprint density at radius 2 is 1.97 bits per heavy atom. The summed E-state index contributed by atoms with van der Waals surface area (Å²) in [5.74, 6) is 0.824. The van der Waals surface area contributed by atoms with Crippen LogP contribution in [0.1, 0.15) is 48.3 Å². The van der Waals surface area contributed by atoms with Crippen molar-refractivity contribution in [2.75, 3.05) is 30.3 Å². The molecule has 166 valence electrons. The summed E-state index contributed by atoms with van der Waals surface area (Å²) in [6.07, 6.45) is 2.00. The van der Waals surface area contributed by atoms with E-state index in [9.17, 15) is 17.6 Å². The molecule has 1 amide bonds. The summed E-state index contributed by atoms with van der Waals surface area (Å²) in [7, 11) is -3.25. The zero-order valence-electron chi connectivity index (χ0n) is 17.8. The van der Waals surface area contributed by atoms with Gasteiger partial charge in [-0.05, 0) is 44.7 Å². The predicted molar refractivity (Wildman–Crippen MR) is 116 cm³/mol. The van der Waals surface area contributed by atoms with Gasteiger partial charge in [-0.15, -0.1) is 0 Å². The monoisotopic (exact) mass is 446 g/mol. The van der Waals surface area contributed by atoms with E-state index in [0.29, 0.717) is 62.5 Å². The fourth-order valence-corrected chi connectivity index (χ4v) is 5.48. The first-order valence-electron chi connectivity index (χ1n) is 10.7. The van der Waals surface area contributed by atoms with E-state index < -0.39 is 10.0 Å². The number of halogens is 1. The third-order valence-corrected chi connectivity index (χ3v) is 8.04. The fourth-order valence-electron chi connectivity index (χ4n) is 4.32. The maximum Gasteiger partial charge on any atom is 0.228 e. The third-order valence-electron chi connectivity index (χ3n) is 6.19. The maximum absolute atomic E-state index is 14.0. The number of aryl methyl sites for hydroxylation is 1. The fraction of sp³-hybridized carbons (Fsp3) is 0.500. The van der Waals surface area contributed by atoms with Crippen molar-refractivity contribution in [3.05, 3.63) is 52.7 Å². The summed E-state index contributed by atoms with van der Waals surface area (Å²) in [6, 6.07) is 6.57. The molecule has 1 fully saturated rings. The van der Waals surface area contributed by atoms with E-state index in [1.165, 1.54) is 10.4 Å². The lowest BCUT2D eigenvalue weighted by atomic mass is 10.0. The topological polar surface area (TPSA) is 83.5 Å². The standard InChI is InChI=1S/C22H27FN4O3S/c1-3-31(29,30)26-12-10-17(14-26)21-24-15(2)18-8-9-20(28)27(22(18)25-21)13-11-16-6-4-5-7-19(16)23/h4-7,17H,3,8-14H2,1-2H3/t17-/m0/s1. The Morgan fingerprint density at radius 3 is 2.71 bits per heavy atom. The molecule has 0 unspecified atom stereocenters. The van der Waals surface area contributed by atoms with Gasteiger partial charge in [-0.2, -0.15) is 0 Å². The molecule has 1 saturated heterocycles. The van der Waals surface area contributed by atoms with Crippen LogP contribution >= 0.6 is 0 Å². The molecule has 31 heavy (non-hydrogen) atoms. The number of hydrogen-bond acceptors (Lipinski definition) is 5. The minimum atomic E-state index is -3.25. The van der Waals surface area contributed by atoms with Gasteiger partial charge in [0.15, 0.2) is 0 Å². The van der Waals surface area contributed by atoms with Gasteiger partial charge in [0.05, 0.1) is 5.75 Å². The summed E-state index contributed by atoms with van der Waals surface area (Å²) in [5, 5.41) is 0. The largest absolute Gasteiger partial charge is 0.296 e. The van der Waals surface area contributed by atoms with Gasteiger partial charge in [-0.3, -0.25) is 9.69 Å². The minimum absolute atomic E-state index is 0.0329. The number of nitrogens with zero attached hydrogens (tertiary/aromatic N) is 4. The SMILES string of the molecule is CCS(=O)(=O)N1CC[C@H](c2nc(C)c3c(n2)N(CCc2ccccc2F)C(=O)CC3)C1. The van der Waals surface area contributed by atoms with Crippen LogP contribution in [-0.4, -0.2) is 54.0 Å². The first-order chi connectivity index (χ1) is 14.8. The Balaban J connectivity index is 1.61. The molecular formula is C22H27FN4O3S. The van der Waals surface area contributed by atoms with Gasteiger partial charge < -0.3 is 0 Å². The van der Waals surface area contributed by atoms with E-state index in [1.807, 2.05) is 6.92 Å². The van der Waals surface area contributed by atoms with Crippen LogP contribution in [0.2, 0.25) is 0 Å². The molecule has 2 aliphatic heterocycles. The smallest absolute Gasteiger partial charge is 0.228 e. The van der Waals surface area contributed by atoms with Crippen LogP contribution in [0.25, 0.3) is 0 Å². The molecule has 1 atom stereocenters. The molecule has 1 aromatic heterocycles. The summed E-state index contributed by atoms with van der Waals surface area (Å²) in [4.78, 5) is 23.8.